The minimum absolute atomic E-state index is 0.175. The van der Waals surface area contributed by atoms with Crippen LogP contribution in [0, 0.1) is 20.8 Å². The lowest BCUT2D eigenvalue weighted by Crippen LogP contribution is -2.09. The van der Waals surface area contributed by atoms with Crippen LogP contribution in [0.1, 0.15) is 40.8 Å². The Morgan fingerprint density at radius 3 is 2.23 bits per heavy atom. The summed E-state index contributed by atoms with van der Waals surface area (Å²) in [4.78, 5) is 12.1. The molecular formula is C26H29N3O. The number of para-hydroxylation sites is 2. The van der Waals surface area contributed by atoms with Crippen LogP contribution in [0.2, 0.25) is 0 Å². The SMILES string of the molecule is Cc1cc(NC(C)c2ccc(/C=C/C(=O)Nc3ccccc3N)cc2)cc(C)c1C. The van der Waals surface area contributed by atoms with E-state index in [1.807, 2.05) is 24.3 Å². The maximum absolute atomic E-state index is 12.1. The van der Waals surface area contributed by atoms with E-state index >= 15 is 0 Å². The van der Waals surface area contributed by atoms with E-state index in [1.165, 1.54) is 28.3 Å². The van der Waals surface area contributed by atoms with Crippen LogP contribution in [0.3, 0.4) is 0 Å². The number of amides is 1. The van der Waals surface area contributed by atoms with Crippen molar-refractivity contribution < 1.29 is 4.79 Å². The molecule has 154 valence electrons. The molecule has 30 heavy (non-hydrogen) atoms. The second-order valence-electron chi connectivity index (χ2n) is 7.68. The number of rotatable bonds is 6. The second kappa shape index (κ2) is 9.31. The smallest absolute Gasteiger partial charge is 0.248 e. The first-order valence-electron chi connectivity index (χ1n) is 10.1. The first-order chi connectivity index (χ1) is 14.3. The number of hydrogen-bond acceptors (Lipinski definition) is 3. The molecule has 0 aliphatic rings. The van der Waals surface area contributed by atoms with Gasteiger partial charge in [-0.3, -0.25) is 4.79 Å². The molecule has 0 aliphatic heterocycles. The summed E-state index contributed by atoms with van der Waals surface area (Å²) in [5.41, 5.74) is 14.2. The zero-order chi connectivity index (χ0) is 21.7. The number of aryl methyl sites for hydroxylation is 2. The summed E-state index contributed by atoms with van der Waals surface area (Å²) in [5, 5.41) is 6.36. The van der Waals surface area contributed by atoms with Gasteiger partial charge in [-0.2, -0.15) is 0 Å². The minimum Gasteiger partial charge on any atom is -0.397 e. The number of nitrogens with one attached hydrogen (secondary N) is 2. The van der Waals surface area contributed by atoms with E-state index in [0.717, 1.165) is 11.3 Å². The molecule has 0 fully saturated rings. The van der Waals surface area contributed by atoms with Gasteiger partial charge in [0.25, 0.3) is 0 Å². The summed E-state index contributed by atoms with van der Waals surface area (Å²) < 4.78 is 0. The van der Waals surface area contributed by atoms with E-state index in [9.17, 15) is 4.79 Å². The fraction of sp³-hybridized carbons (Fsp3) is 0.192. The van der Waals surface area contributed by atoms with Gasteiger partial charge in [-0.1, -0.05) is 36.4 Å². The molecule has 0 aliphatic carbocycles. The van der Waals surface area contributed by atoms with Gasteiger partial charge in [-0.25, -0.2) is 0 Å². The van der Waals surface area contributed by atoms with Crippen LogP contribution >= 0.6 is 0 Å². The molecule has 3 aromatic rings. The van der Waals surface area contributed by atoms with Gasteiger partial charge in [0.1, 0.15) is 0 Å². The van der Waals surface area contributed by atoms with Crippen LogP contribution in [0.5, 0.6) is 0 Å². The van der Waals surface area contributed by atoms with Crippen LogP contribution in [0.25, 0.3) is 6.08 Å². The molecule has 3 aromatic carbocycles. The molecule has 0 heterocycles. The summed E-state index contributed by atoms with van der Waals surface area (Å²) in [5.74, 6) is -0.211. The van der Waals surface area contributed by atoms with Crippen molar-refractivity contribution in [3.8, 4) is 0 Å². The van der Waals surface area contributed by atoms with Crippen molar-refractivity contribution in [1.82, 2.24) is 0 Å². The molecule has 0 spiro atoms. The van der Waals surface area contributed by atoms with Crippen LogP contribution < -0.4 is 16.4 Å². The van der Waals surface area contributed by atoms with E-state index in [4.69, 9.17) is 5.73 Å². The maximum Gasteiger partial charge on any atom is 0.248 e. The van der Waals surface area contributed by atoms with E-state index in [0.29, 0.717) is 11.4 Å². The maximum atomic E-state index is 12.1. The Morgan fingerprint density at radius 1 is 0.967 bits per heavy atom. The first kappa shape index (κ1) is 21.2. The summed E-state index contributed by atoms with van der Waals surface area (Å²) in [7, 11) is 0. The molecule has 0 aromatic heterocycles. The Labute approximate surface area is 178 Å². The lowest BCUT2D eigenvalue weighted by Gasteiger charge is -2.18. The van der Waals surface area contributed by atoms with Crippen LogP contribution in [0.4, 0.5) is 17.1 Å². The van der Waals surface area contributed by atoms with Gasteiger partial charge in [-0.15, -0.1) is 0 Å². The van der Waals surface area contributed by atoms with Crippen molar-refractivity contribution in [2.24, 2.45) is 0 Å². The van der Waals surface area contributed by atoms with Gasteiger partial charge in [0.05, 0.1) is 11.4 Å². The van der Waals surface area contributed by atoms with E-state index in [-0.39, 0.29) is 11.9 Å². The molecule has 4 N–H and O–H groups in total. The predicted molar refractivity (Wildman–Crippen MR) is 128 cm³/mol. The Balaban J connectivity index is 1.62. The van der Waals surface area contributed by atoms with Crippen molar-refractivity contribution in [3.05, 3.63) is 94.6 Å². The predicted octanol–water partition coefficient (Wildman–Crippen LogP) is 6.02. The van der Waals surface area contributed by atoms with Gasteiger partial charge in [0, 0.05) is 17.8 Å². The van der Waals surface area contributed by atoms with Gasteiger partial charge < -0.3 is 16.4 Å². The molecule has 0 bridgehead atoms. The number of carbonyl (C=O) groups excluding carboxylic acids is 1. The quantitative estimate of drug-likeness (QED) is 0.351. The lowest BCUT2D eigenvalue weighted by molar-refractivity contribution is -0.111. The Morgan fingerprint density at radius 2 is 1.60 bits per heavy atom. The number of anilines is 3. The third kappa shape index (κ3) is 5.29. The Hall–Kier alpha value is -3.53. The fourth-order valence-electron chi connectivity index (χ4n) is 3.31. The first-order valence-corrected chi connectivity index (χ1v) is 10.1. The molecule has 0 radical (unpaired) electrons. The summed E-state index contributed by atoms with van der Waals surface area (Å²) in [6.45, 7) is 8.58. The molecule has 1 atom stereocenters. The monoisotopic (exact) mass is 399 g/mol. The van der Waals surface area contributed by atoms with Crippen molar-refractivity contribution in [2.75, 3.05) is 16.4 Å². The highest BCUT2D eigenvalue weighted by atomic mass is 16.1. The summed E-state index contributed by atoms with van der Waals surface area (Å²) in [6, 6.07) is 19.9. The molecule has 4 heteroatoms. The van der Waals surface area contributed by atoms with Gasteiger partial charge >= 0.3 is 0 Å². The number of benzene rings is 3. The van der Waals surface area contributed by atoms with Crippen molar-refractivity contribution >= 4 is 29.0 Å². The van der Waals surface area contributed by atoms with Crippen LogP contribution in [-0.4, -0.2) is 5.91 Å². The summed E-state index contributed by atoms with van der Waals surface area (Å²) in [6.07, 6.45) is 3.31. The molecule has 4 nitrogen and oxygen atoms in total. The van der Waals surface area contributed by atoms with E-state index < -0.39 is 0 Å². The number of nitrogens with two attached hydrogens (primary N) is 1. The molecule has 1 amide bonds. The van der Waals surface area contributed by atoms with Crippen LogP contribution in [0.15, 0.2) is 66.7 Å². The van der Waals surface area contributed by atoms with Crippen LogP contribution in [-0.2, 0) is 4.79 Å². The molecular weight excluding hydrogens is 370 g/mol. The van der Waals surface area contributed by atoms with E-state index in [1.54, 1.807) is 18.2 Å². The molecule has 0 saturated heterocycles. The Bertz CT molecular complexity index is 1040. The zero-order valence-electron chi connectivity index (χ0n) is 18.0. The van der Waals surface area contributed by atoms with Crippen molar-refractivity contribution in [3.63, 3.8) is 0 Å². The number of carbonyl (C=O) groups is 1. The van der Waals surface area contributed by atoms with Gasteiger partial charge in [0.2, 0.25) is 5.91 Å². The fourth-order valence-corrected chi connectivity index (χ4v) is 3.31. The third-order valence-electron chi connectivity index (χ3n) is 5.39. The standard InChI is InChI=1S/C26H29N3O/c1-17-15-23(16-18(2)19(17)3)28-20(4)22-12-9-21(10-13-22)11-14-26(30)29-25-8-6-5-7-24(25)27/h5-16,20,28H,27H2,1-4H3,(H,29,30)/b14-11+. The lowest BCUT2D eigenvalue weighted by atomic mass is 10.0. The molecule has 1 unspecified atom stereocenters. The summed E-state index contributed by atoms with van der Waals surface area (Å²) >= 11 is 0. The molecule has 0 saturated carbocycles. The van der Waals surface area contributed by atoms with Gasteiger partial charge in [-0.05, 0) is 85.9 Å². The third-order valence-corrected chi connectivity index (χ3v) is 5.39. The highest BCUT2D eigenvalue weighted by molar-refractivity contribution is 6.03. The number of hydrogen-bond donors (Lipinski definition) is 3. The van der Waals surface area contributed by atoms with Gasteiger partial charge in [0.15, 0.2) is 0 Å². The minimum atomic E-state index is -0.211. The number of nitrogen functional groups attached to an aromatic ring is 1. The molecule has 3 rings (SSSR count). The normalized spacial score (nSPS) is 12.0. The van der Waals surface area contributed by atoms with E-state index in [2.05, 4.69) is 62.6 Å². The average Bonchev–Trinajstić information content (AvgIpc) is 2.72. The van der Waals surface area contributed by atoms with Crippen molar-refractivity contribution in [1.29, 1.82) is 0 Å². The largest absolute Gasteiger partial charge is 0.397 e. The second-order valence-corrected chi connectivity index (χ2v) is 7.68. The highest BCUT2D eigenvalue weighted by Gasteiger charge is 2.07. The topological polar surface area (TPSA) is 67.2 Å². The Kier molecular flexibility index (Phi) is 6.58. The zero-order valence-corrected chi connectivity index (χ0v) is 18.0. The van der Waals surface area contributed by atoms with Crippen molar-refractivity contribution in [2.45, 2.75) is 33.7 Å². The average molecular weight is 400 g/mol. The highest BCUT2D eigenvalue weighted by Crippen LogP contribution is 2.24.